The molecule has 15 heavy (non-hydrogen) atoms. The summed E-state index contributed by atoms with van der Waals surface area (Å²) in [5.41, 5.74) is 0. The fourth-order valence-corrected chi connectivity index (χ4v) is 1.49. The lowest BCUT2D eigenvalue weighted by Gasteiger charge is -2.20. The lowest BCUT2D eigenvalue weighted by Crippen LogP contribution is -2.32. The van der Waals surface area contributed by atoms with Gasteiger partial charge in [-0.05, 0) is 25.7 Å². The molecule has 0 aliphatic heterocycles. The van der Waals surface area contributed by atoms with Gasteiger partial charge < -0.3 is 4.90 Å². The van der Waals surface area contributed by atoms with Gasteiger partial charge in [0.1, 0.15) is 0 Å². The van der Waals surface area contributed by atoms with Crippen LogP contribution in [0.5, 0.6) is 0 Å². The Kier molecular flexibility index (Phi) is 5.16. The summed E-state index contributed by atoms with van der Waals surface area (Å²) in [6, 6.07) is 0. The zero-order valence-corrected chi connectivity index (χ0v) is 9.78. The summed E-state index contributed by atoms with van der Waals surface area (Å²) in [5.74, 6) is 1.04. The Balaban J connectivity index is 2.36. The molecule has 0 spiro atoms. The highest BCUT2D eigenvalue weighted by molar-refractivity contribution is 5.76. The van der Waals surface area contributed by atoms with Crippen LogP contribution in [0.15, 0.2) is 24.3 Å². The average Bonchev–Trinajstić information content (AvgIpc) is 3.05. The molecule has 84 valence electrons. The monoisotopic (exact) mass is 207 g/mol. The predicted molar refractivity (Wildman–Crippen MR) is 63.5 cm³/mol. The van der Waals surface area contributed by atoms with Gasteiger partial charge in [0.25, 0.3) is 0 Å². The summed E-state index contributed by atoms with van der Waals surface area (Å²) < 4.78 is 0. The average molecular weight is 207 g/mol. The third kappa shape index (κ3) is 4.82. The van der Waals surface area contributed by atoms with Gasteiger partial charge in [0.2, 0.25) is 5.91 Å². The summed E-state index contributed by atoms with van der Waals surface area (Å²) in [6.07, 6.45) is 11.2. The summed E-state index contributed by atoms with van der Waals surface area (Å²) in [7, 11) is 0. The first-order valence-electron chi connectivity index (χ1n) is 5.83. The molecule has 0 aromatic rings. The van der Waals surface area contributed by atoms with Gasteiger partial charge in [0.05, 0.1) is 0 Å². The Bertz CT molecular complexity index is 251. The van der Waals surface area contributed by atoms with Crippen LogP contribution in [-0.4, -0.2) is 23.9 Å². The fraction of sp³-hybridized carbons (Fsp3) is 0.615. The van der Waals surface area contributed by atoms with Gasteiger partial charge in [-0.15, -0.1) is 0 Å². The van der Waals surface area contributed by atoms with Crippen molar-refractivity contribution < 1.29 is 4.79 Å². The Morgan fingerprint density at radius 2 is 2.13 bits per heavy atom. The molecule has 1 amide bonds. The number of nitrogens with zero attached hydrogens (tertiary/aromatic N) is 1. The molecular weight excluding hydrogens is 186 g/mol. The number of amides is 1. The Morgan fingerprint density at radius 1 is 1.40 bits per heavy atom. The first kappa shape index (κ1) is 12.0. The van der Waals surface area contributed by atoms with Crippen LogP contribution < -0.4 is 0 Å². The highest BCUT2D eigenvalue weighted by atomic mass is 16.2. The summed E-state index contributed by atoms with van der Waals surface area (Å²) in [6.45, 7) is 5.63. The Morgan fingerprint density at radius 3 is 2.67 bits per heavy atom. The molecule has 0 heterocycles. The summed E-state index contributed by atoms with van der Waals surface area (Å²) >= 11 is 0. The van der Waals surface area contributed by atoms with Crippen LogP contribution >= 0.6 is 0 Å². The molecule has 1 saturated carbocycles. The van der Waals surface area contributed by atoms with Crippen molar-refractivity contribution in [3.63, 3.8) is 0 Å². The van der Waals surface area contributed by atoms with Crippen LogP contribution in [0.4, 0.5) is 0 Å². The van der Waals surface area contributed by atoms with Gasteiger partial charge in [0.15, 0.2) is 0 Å². The molecule has 1 aliphatic rings. The number of carbonyl (C=O) groups excluding carboxylic acids is 1. The Hall–Kier alpha value is -1.05. The maximum Gasteiger partial charge on any atom is 0.222 e. The number of allylic oxidation sites excluding steroid dienone is 3. The molecule has 1 aliphatic carbocycles. The van der Waals surface area contributed by atoms with Crippen molar-refractivity contribution in [3.05, 3.63) is 24.3 Å². The summed E-state index contributed by atoms with van der Waals surface area (Å²) in [5, 5.41) is 0. The fourth-order valence-electron chi connectivity index (χ4n) is 1.49. The maximum absolute atomic E-state index is 11.6. The molecule has 2 nitrogen and oxygen atoms in total. The highest BCUT2D eigenvalue weighted by Gasteiger charge is 2.25. The van der Waals surface area contributed by atoms with E-state index in [9.17, 15) is 4.79 Å². The zero-order valence-electron chi connectivity index (χ0n) is 9.78. The zero-order chi connectivity index (χ0) is 11.1. The predicted octanol–water partition coefficient (Wildman–Crippen LogP) is 2.77. The van der Waals surface area contributed by atoms with E-state index in [0.29, 0.717) is 6.42 Å². The molecule has 0 bridgehead atoms. The molecule has 0 N–H and O–H groups in total. The van der Waals surface area contributed by atoms with Crippen LogP contribution in [-0.2, 0) is 4.79 Å². The standard InChI is InChI=1S/C13H21NO/c1-3-5-6-7-10-14(13(15)4-2)11-12-8-9-12/h3,5-7,12H,4,8-11H2,1-2H3. The molecule has 2 heteroatoms. The van der Waals surface area contributed by atoms with E-state index in [1.54, 1.807) is 0 Å². The number of hydrogen-bond acceptors (Lipinski definition) is 1. The van der Waals surface area contributed by atoms with Gasteiger partial charge in [0, 0.05) is 19.5 Å². The van der Waals surface area contributed by atoms with E-state index >= 15 is 0 Å². The van der Waals surface area contributed by atoms with Gasteiger partial charge in [-0.25, -0.2) is 0 Å². The van der Waals surface area contributed by atoms with Crippen LogP contribution in [0.3, 0.4) is 0 Å². The Labute approximate surface area is 92.7 Å². The van der Waals surface area contributed by atoms with Crippen molar-refractivity contribution in [2.75, 3.05) is 13.1 Å². The second-order valence-electron chi connectivity index (χ2n) is 4.05. The van der Waals surface area contributed by atoms with Crippen molar-refractivity contribution in [2.45, 2.75) is 33.1 Å². The first-order valence-corrected chi connectivity index (χ1v) is 5.83. The molecule has 1 fully saturated rings. The minimum Gasteiger partial charge on any atom is -0.339 e. The lowest BCUT2D eigenvalue weighted by atomic mass is 10.3. The number of carbonyl (C=O) groups is 1. The van der Waals surface area contributed by atoms with E-state index in [4.69, 9.17) is 0 Å². The topological polar surface area (TPSA) is 20.3 Å². The highest BCUT2D eigenvalue weighted by Crippen LogP contribution is 2.29. The number of hydrogen-bond donors (Lipinski definition) is 0. The van der Waals surface area contributed by atoms with Crippen molar-refractivity contribution in [3.8, 4) is 0 Å². The van der Waals surface area contributed by atoms with E-state index in [1.165, 1.54) is 12.8 Å². The third-order valence-electron chi connectivity index (χ3n) is 2.60. The van der Waals surface area contributed by atoms with Gasteiger partial charge in [-0.3, -0.25) is 4.79 Å². The molecule has 0 aromatic heterocycles. The van der Waals surface area contributed by atoms with E-state index in [-0.39, 0.29) is 5.91 Å². The van der Waals surface area contributed by atoms with Gasteiger partial charge >= 0.3 is 0 Å². The van der Waals surface area contributed by atoms with E-state index in [1.807, 2.05) is 37.0 Å². The van der Waals surface area contributed by atoms with Gasteiger partial charge in [-0.2, -0.15) is 0 Å². The molecule has 0 aromatic carbocycles. The third-order valence-corrected chi connectivity index (χ3v) is 2.60. The smallest absolute Gasteiger partial charge is 0.222 e. The molecule has 1 rings (SSSR count). The van der Waals surface area contributed by atoms with Crippen LogP contribution in [0, 0.1) is 5.92 Å². The van der Waals surface area contributed by atoms with E-state index < -0.39 is 0 Å². The summed E-state index contributed by atoms with van der Waals surface area (Å²) in [4.78, 5) is 13.6. The van der Waals surface area contributed by atoms with Crippen molar-refractivity contribution in [2.24, 2.45) is 5.92 Å². The minimum atomic E-state index is 0.270. The second-order valence-corrected chi connectivity index (χ2v) is 4.05. The molecule has 0 radical (unpaired) electrons. The van der Waals surface area contributed by atoms with Crippen LogP contribution in [0.2, 0.25) is 0 Å². The molecule has 0 unspecified atom stereocenters. The molecular formula is C13H21NO. The molecule has 0 atom stereocenters. The first-order chi connectivity index (χ1) is 7.27. The van der Waals surface area contributed by atoms with Crippen molar-refractivity contribution in [1.29, 1.82) is 0 Å². The minimum absolute atomic E-state index is 0.270. The quantitative estimate of drug-likeness (QED) is 0.613. The number of rotatable bonds is 6. The van der Waals surface area contributed by atoms with Crippen LogP contribution in [0.25, 0.3) is 0 Å². The maximum atomic E-state index is 11.6. The molecule has 0 saturated heterocycles. The van der Waals surface area contributed by atoms with Gasteiger partial charge in [-0.1, -0.05) is 31.2 Å². The second kappa shape index (κ2) is 6.44. The van der Waals surface area contributed by atoms with E-state index in [2.05, 4.69) is 6.08 Å². The SMILES string of the molecule is CC=CC=CCN(CC1CC1)C(=O)CC. The van der Waals surface area contributed by atoms with Crippen molar-refractivity contribution >= 4 is 5.91 Å². The van der Waals surface area contributed by atoms with Crippen molar-refractivity contribution in [1.82, 2.24) is 4.90 Å². The van der Waals surface area contributed by atoms with Crippen LogP contribution in [0.1, 0.15) is 33.1 Å². The largest absolute Gasteiger partial charge is 0.339 e. The van der Waals surface area contributed by atoms with E-state index in [0.717, 1.165) is 19.0 Å². The normalized spacial score (nSPS) is 16.4. The lowest BCUT2D eigenvalue weighted by molar-refractivity contribution is -0.130.